The number of carbonyl (C=O) groups is 2. The monoisotopic (exact) mass is 230 g/mol. The molecular weight excluding hydrogens is 220 g/mol. The molecule has 15 heavy (non-hydrogen) atoms. The molecule has 0 aliphatic heterocycles. The van der Waals surface area contributed by atoms with Gasteiger partial charge in [-0.1, -0.05) is 11.3 Å². The minimum atomic E-state index is -1.12. The molecule has 1 aromatic rings. The lowest BCUT2D eigenvalue weighted by atomic mass is 10.3. The molecule has 0 aliphatic rings. The first kappa shape index (κ1) is 11.4. The van der Waals surface area contributed by atoms with Crippen molar-refractivity contribution in [2.75, 3.05) is 6.54 Å². The number of aliphatic carboxylic acids is 1. The van der Waals surface area contributed by atoms with Crippen LogP contribution in [-0.2, 0) is 11.8 Å². The van der Waals surface area contributed by atoms with Gasteiger partial charge in [-0.3, -0.25) is 14.4 Å². The van der Waals surface area contributed by atoms with Crippen LogP contribution in [0.1, 0.15) is 15.4 Å². The first-order chi connectivity index (χ1) is 6.93. The molecule has 0 saturated carbocycles. The lowest BCUT2D eigenvalue weighted by Gasteiger charge is -2.00. The molecule has 0 radical (unpaired) electrons. The fraction of sp³-hybridized carbons (Fsp3) is 0.375. The van der Waals surface area contributed by atoms with Crippen molar-refractivity contribution in [2.45, 2.75) is 6.92 Å². The topological polar surface area (TPSA) is 88.4 Å². The van der Waals surface area contributed by atoms with Crippen LogP contribution >= 0.6 is 11.3 Å². The molecule has 0 atom stereocenters. The second-order valence-electron chi connectivity index (χ2n) is 2.92. The molecule has 1 heterocycles. The molecule has 1 aromatic heterocycles. The van der Waals surface area contributed by atoms with Crippen LogP contribution in [0.5, 0.6) is 0 Å². The van der Waals surface area contributed by atoms with E-state index < -0.39 is 18.4 Å². The van der Waals surface area contributed by atoms with E-state index in [-0.39, 0.29) is 9.75 Å². The fourth-order valence-electron chi connectivity index (χ4n) is 0.966. The average Bonchev–Trinajstić information content (AvgIpc) is 2.42. The Labute approximate surface area is 89.2 Å². The van der Waals surface area contributed by atoms with Crippen LogP contribution in [0, 0.1) is 6.92 Å². The maximum absolute atomic E-state index is 11.4. The van der Waals surface area contributed by atoms with Gasteiger partial charge in [-0.25, -0.2) is 0 Å². The molecule has 1 rings (SSSR count). The smallest absolute Gasteiger partial charge is 0.322 e. The maximum Gasteiger partial charge on any atom is 0.322 e. The fourth-order valence-corrected chi connectivity index (χ4v) is 1.86. The van der Waals surface area contributed by atoms with E-state index in [1.807, 2.05) is 0 Å². The molecular formula is C8H10N2O4S. The molecule has 0 aromatic carbocycles. The van der Waals surface area contributed by atoms with Crippen LogP contribution in [0.15, 0.2) is 4.79 Å². The molecule has 0 fully saturated rings. The summed E-state index contributed by atoms with van der Waals surface area (Å²) < 4.78 is 1.35. The summed E-state index contributed by atoms with van der Waals surface area (Å²) in [6, 6.07) is 0. The summed E-state index contributed by atoms with van der Waals surface area (Å²) in [6.45, 7) is 1.18. The number of nitrogens with one attached hydrogen (secondary N) is 1. The summed E-state index contributed by atoms with van der Waals surface area (Å²) >= 11 is 0.803. The summed E-state index contributed by atoms with van der Waals surface area (Å²) in [4.78, 5) is 32.8. The summed E-state index contributed by atoms with van der Waals surface area (Å²) in [7, 11) is 1.56. The van der Waals surface area contributed by atoms with Crippen LogP contribution in [0.3, 0.4) is 0 Å². The van der Waals surface area contributed by atoms with Gasteiger partial charge in [0, 0.05) is 12.7 Å². The van der Waals surface area contributed by atoms with E-state index in [0.717, 1.165) is 11.3 Å². The Balaban J connectivity index is 2.87. The first-order valence-corrected chi connectivity index (χ1v) is 4.91. The van der Waals surface area contributed by atoms with Crippen LogP contribution < -0.4 is 10.2 Å². The predicted octanol–water partition coefficient (Wildman–Crippen LogP) is -0.430. The molecule has 2 N–H and O–H groups in total. The van der Waals surface area contributed by atoms with E-state index in [0.29, 0.717) is 5.69 Å². The SMILES string of the molecule is Cc1c(C(=O)NCC(=O)O)sc(=O)n1C. The Morgan fingerprint density at radius 1 is 1.53 bits per heavy atom. The lowest BCUT2D eigenvalue weighted by molar-refractivity contribution is -0.135. The zero-order chi connectivity index (χ0) is 11.6. The molecule has 0 bridgehead atoms. The number of thiazole rings is 1. The van der Waals surface area contributed by atoms with E-state index in [4.69, 9.17) is 5.11 Å². The molecule has 0 saturated heterocycles. The highest BCUT2D eigenvalue weighted by atomic mass is 32.1. The average molecular weight is 230 g/mol. The first-order valence-electron chi connectivity index (χ1n) is 4.10. The normalized spacial score (nSPS) is 10.0. The highest BCUT2D eigenvalue weighted by Gasteiger charge is 2.15. The van der Waals surface area contributed by atoms with E-state index >= 15 is 0 Å². The maximum atomic E-state index is 11.4. The number of nitrogens with zero attached hydrogens (tertiary/aromatic N) is 1. The van der Waals surface area contributed by atoms with Gasteiger partial charge >= 0.3 is 10.8 Å². The molecule has 0 spiro atoms. The van der Waals surface area contributed by atoms with Crippen LogP contribution in [-0.4, -0.2) is 28.1 Å². The number of hydrogen-bond donors (Lipinski definition) is 2. The van der Waals surface area contributed by atoms with E-state index in [2.05, 4.69) is 5.32 Å². The standard InChI is InChI=1S/C8H10N2O4S/c1-4-6(15-8(14)10(4)2)7(13)9-3-5(11)12/h3H2,1-2H3,(H,9,13)(H,11,12). The molecule has 0 aliphatic carbocycles. The second-order valence-corrected chi connectivity index (χ2v) is 3.88. The van der Waals surface area contributed by atoms with Gasteiger partial charge in [-0.05, 0) is 6.92 Å². The summed E-state index contributed by atoms with van der Waals surface area (Å²) in [5, 5.41) is 10.6. The van der Waals surface area contributed by atoms with Gasteiger partial charge in [0.15, 0.2) is 0 Å². The van der Waals surface area contributed by atoms with Crippen LogP contribution in [0.4, 0.5) is 0 Å². The minimum absolute atomic E-state index is 0.243. The third kappa shape index (κ3) is 2.44. The molecule has 1 amide bonds. The predicted molar refractivity (Wildman–Crippen MR) is 54.3 cm³/mol. The number of hydrogen-bond acceptors (Lipinski definition) is 4. The zero-order valence-corrected chi connectivity index (χ0v) is 9.05. The van der Waals surface area contributed by atoms with Crippen molar-refractivity contribution in [3.63, 3.8) is 0 Å². The van der Waals surface area contributed by atoms with Gasteiger partial charge in [0.05, 0.1) is 0 Å². The second kappa shape index (κ2) is 4.26. The van der Waals surface area contributed by atoms with Gasteiger partial charge in [0.25, 0.3) is 5.91 Å². The van der Waals surface area contributed by atoms with Crippen molar-refractivity contribution in [1.82, 2.24) is 9.88 Å². The Kier molecular flexibility index (Phi) is 3.25. The van der Waals surface area contributed by atoms with Crippen molar-refractivity contribution in [1.29, 1.82) is 0 Å². The number of aromatic nitrogens is 1. The van der Waals surface area contributed by atoms with Crippen LogP contribution in [0.25, 0.3) is 0 Å². The Morgan fingerprint density at radius 2 is 2.13 bits per heavy atom. The number of amides is 1. The van der Waals surface area contributed by atoms with E-state index in [1.54, 1.807) is 14.0 Å². The van der Waals surface area contributed by atoms with Gasteiger partial charge in [0.2, 0.25) is 0 Å². The summed E-state index contributed by atoms with van der Waals surface area (Å²) in [5.74, 6) is -1.65. The third-order valence-electron chi connectivity index (χ3n) is 1.90. The van der Waals surface area contributed by atoms with Crippen molar-refractivity contribution in [3.8, 4) is 0 Å². The van der Waals surface area contributed by atoms with Gasteiger partial charge in [-0.15, -0.1) is 0 Å². The van der Waals surface area contributed by atoms with E-state index in [1.165, 1.54) is 4.57 Å². The Morgan fingerprint density at radius 3 is 2.53 bits per heavy atom. The molecule has 0 unspecified atom stereocenters. The summed E-state index contributed by atoms with van der Waals surface area (Å²) in [5.41, 5.74) is 0.535. The van der Waals surface area contributed by atoms with Crippen molar-refractivity contribution < 1.29 is 14.7 Å². The quantitative estimate of drug-likeness (QED) is 0.737. The number of carbonyl (C=O) groups excluding carboxylic acids is 1. The van der Waals surface area contributed by atoms with Crippen molar-refractivity contribution in [3.05, 3.63) is 20.2 Å². The third-order valence-corrected chi connectivity index (χ3v) is 3.03. The van der Waals surface area contributed by atoms with Crippen molar-refractivity contribution in [2.24, 2.45) is 7.05 Å². The molecule has 7 heteroatoms. The highest BCUT2D eigenvalue weighted by Crippen LogP contribution is 2.09. The highest BCUT2D eigenvalue weighted by molar-refractivity contribution is 7.11. The number of carboxylic acids is 1. The number of rotatable bonds is 3. The molecule has 82 valence electrons. The Bertz CT molecular complexity index is 460. The summed E-state index contributed by atoms with van der Waals surface area (Å²) in [6.07, 6.45) is 0. The number of carboxylic acid groups (broad SMARTS) is 1. The lowest BCUT2D eigenvalue weighted by Crippen LogP contribution is -2.29. The van der Waals surface area contributed by atoms with Gasteiger partial charge in [-0.2, -0.15) is 0 Å². The van der Waals surface area contributed by atoms with Crippen LogP contribution in [0.2, 0.25) is 0 Å². The van der Waals surface area contributed by atoms with Gasteiger partial charge in [0.1, 0.15) is 11.4 Å². The Hall–Kier alpha value is -1.63. The van der Waals surface area contributed by atoms with Crippen molar-refractivity contribution >= 4 is 23.2 Å². The van der Waals surface area contributed by atoms with E-state index in [9.17, 15) is 14.4 Å². The van der Waals surface area contributed by atoms with Gasteiger partial charge < -0.3 is 15.0 Å². The zero-order valence-electron chi connectivity index (χ0n) is 8.23. The molecule has 6 nitrogen and oxygen atoms in total. The minimum Gasteiger partial charge on any atom is -0.480 e. The largest absolute Gasteiger partial charge is 0.480 e.